The molecule has 0 N–H and O–H groups in total. The van der Waals surface area contributed by atoms with E-state index in [1.54, 1.807) is 35.9 Å². The Morgan fingerprint density at radius 3 is 2.73 bits per heavy atom. The van der Waals surface area contributed by atoms with Gasteiger partial charge < -0.3 is 9.15 Å². The van der Waals surface area contributed by atoms with Gasteiger partial charge in [-0.05, 0) is 56.3 Å². The SMILES string of the molecule is CCOC(=O)c1cc(C)n(Cc2cc(Cl)cc3cc(-c4ccc(F)cc4Cl)oc23)n1. The van der Waals surface area contributed by atoms with Crippen LogP contribution in [0.25, 0.3) is 22.3 Å². The number of aryl methyl sites for hydroxylation is 1. The van der Waals surface area contributed by atoms with Crippen molar-refractivity contribution in [3.63, 3.8) is 0 Å². The van der Waals surface area contributed by atoms with Crippen LogP contribution in [0.4, 0.5) is 4.39 Å². The lowest BCUT2D eigenvalue weighted by Gasteiger charge is -2.06. The minimum absolute atomic E-state index is 0.242. The molecule has 2 aromatic carbocycles. The first kappa shape index (κ1) is 20.4. The highest BCUT2D eigenvalue weighted by Gasteiger charge is 2.17. The van der Waals surface area contributed by atoms with Crippen molar-refractivity contribution in [2.75, 3.05) is 6.61 Å². The summed E-state index contributed by atoms with van der Waals surface area (Å²) in [5, 5.41) is 5.91. The number of rotatable bonds is 5. The highest BCUT2D eigenvalue weighted by atomic mass is 35.5. The maximum absolute atomic E-state index is 13.4. The number of carbonyl (C=O) groups is 1. The summed E-state index contributed by atoms with van der Waals surface area (Å²) < 4.78 is 26.2. The third kappa shape index (κ3) is 3.93. The number of ether oxygens (including phenoxy) is 1. The number of benzene rings is 2. The van der Waals surface area contributed by atoms with Crippen molar-refractivity contribution in [1.29, 1.82) is 0 Å². The summed E-state index contributed by atoms with van der Waals surface area (Å²) in [7, 11) is 0. The standard InChI is InChI=1S/C22H17Cl2FN2O3/c1-3-29-22(28)19-6-12(2)27(26-19)11-14-8-15(23)7-13-9-20(30-21(13)14)17-5-4-16(25)10-18(17)24/h4-10H,3,11H2,1-2H3. The van der Waals surface area contributed by atoms with Crippen molar-refractivity contribution >= 4 is 40.1 Å². The highest BCUT2D eigenvalue weighted by Crippen LogP contribution is 2.36. The molecule has 0 saturated heterocycles. The topological polar surface area (TPSA) is 57.3 Å². The predicted octanol–water partition coefficient (Wildman–Crippen LogP) is 6.28. The molecule has 30 heavy (non-hydrogen) atoms. The molecule has 8 heteroatoms. The van der Waals surface area contributed by atoms with Gasteiger partial charge in [-0.1, -0.05) is 23.2 Å². The van der Waals surface area contributed by atoms with E-state index in [9.17, 15) is 9.18 Å². The average Bonchev–Trinajstić information content (AvgIpc) is 3.26. The van der Waals surface area contributed by atoms with Crippen LogP contribution in [0.15, 0.2) is 46.9 Å². The molecule has 0 saturated carbocycles. The van der Waals surface area contributed by atoms with E-state index in [0.29, 0.717) is 28.5 Å². The second-order valence-electron chi connectivity index (χ2n) is 6.77. The summed E-state index contributed by atoms with van der Waals surface area (Å²) in [5.74, 6) is -0.389. The van der Waals surface area contributed by atoms with E-state index in [-0.39, 0.29) is 17.3 Å². The van der Waals surface area contributed by atoms with Crippen LogP contribution >= 0.6 is 23.2 Å². The number of halogens is 3. The highest BCUT2D eigenvalue weighted by molar-refractivity contribution is 6.33. The molecule has 0 bridgehead atoms. The molecule has 154 valence electrons. The minimum Gasteiger partial charge on any atom is -0.461 e. The number of carbonyl (C=O) groups excluding carboxylic acids is 1. The molecule has 0 amide bonds. The Bertz CT molecular complexity index is 1260. The van der Waals surface area contributed by atoms with Gasteiger partial charge in [-0.15, -0.1) is 0 Å². The lowest BCUT2D eigenvalue weighted by atomic mass is 10.1. The second-order valence-corrected chi connectivity index (χ2v) is 7.61. The molecule has 0 spiro atoms. The van der Waals surface area contributed by atoms with E-state index in [1.807, 2.05) is 13.0 Å². The smallest absolute Gasteiger partial charge is 0.358 e. The van der Waals surface area contributed by atoms with Gasteiger partial charge in [-0.25, -0.2) is 9.18 Å². The molecule has 0 aliphatic carbocycles. The Morgan fingerprint density at radius 2 is 2.00 bits per heavy atom. The van der Waals surface area contributed by atoms with Crippen molar-refractivity contribution in [2.45, 2.75) is 20.4 Å². The van der Waals surface area contributed by atoms with Crippen LogP contribution in [0.3, 0.4) is 0 Å². The molecule has 0 aliphatic heterocycles. The van der Waals surface area contributed by atoms with Gasteiger partial charge in [0.2, 0.25) is 0 Å². The summed E-state index contributed by atoms with van der Waals surface area (Å²) in [5.41, 5.74) is 3.01. The number of hydrogen-bond donors (Lipinski definition) is 0. The first-order valence-electron chi connectivity index (χ1n) is 9.24. The summed E-state index contributed by atoms with van der Waals surface area (Å²) in [6.07, 6.45) is 0. The number of hydrogen-bond acceptors (Lipinski definition) is 4. The Balaban J connectivity index is 1.75. The summed E-state index contributed by atoms with van der Waals surface area (Å²) in [6, 6.07) is 11.2. The molecule has 0 aliphatic rings. The van der Waals surface area contributed by atoms with E-state index >= 15 is 0 Å². The van der Waals surface area contributed by atoms with Crippen LogP contribution in [0, 0.1) is 12.7 Å². The van der Waals surface area contributed by atoms with Crippen molar-refractivity contribution in [2.24, 2.45) is 0 Å². The molecule has 0 radical (unpaired) electrons. The first-order chi connectivity index (χ1) is 14.4. The maximum Gasteiger partial charge on any atom is 0.358 e. The molecular weight excluding hydrogens is 430 g/mol. The van der Waals surface area contributed by atoms with E-state index in [4.69, 9.17) is 32.4 Å². The number of aromatic nitrogens is 2. The lowest BCUT2D eigenvalue weighted by Crippen LogP contribution is -2.08. The Morgan fingerprint density at radius 1 is 1.20 bits per heavy atom. The van der Waals surface area contributed by atoms with Crippen molar-refractivity contribution < 1.29 is 18.3 Å². The molecule has 4 rings (SSSR count). The van der Waals surface area contributed by atoms with Gasteiger partial charge in [0.25, 0.3) is 0 Å². The van der Waals surface area contributed by atoms with Gasteiger partial charge in [0.15, 0.2) is 5.69 Å². The fraction of sp³-hybridized carbons (Fsp3) is 0.182. The predicted molar refractivity (Wildman–Crippen MR) is 114 cm³/mol. The minimum atomic E-state index is -0.471. The van der Waals surface area contributed by atoms with E-state index in [2.05, 4.69) is 5.10 Å². The summed E-state index contributed by atoms with van der Waals surface area (Å²) in [4.78, 5) is 12.0. The van der Waals surface area contributed by atoms with Crippen molar-refractivity contribution in [3.8, 4) is 11.3 Å². The largest absolute Gasteiger partial charge is 0.461 e. The van der Waals surface area contributed by atoms with E-state index in [0.717, 1.165) is 16.6 Å². The van der Waals surface area contributed by atoms with Crippen LogP contribution in [-0.2, 0) is 11.3 Å². The zero-order valence-corrected chi connectivity index (χ0v) is 17.7. The van der Waals surface area contributed by atoms with Crippen molar-refractivity contribution in [1.82, 2.24) is 9.78 Å². The Labute approximate surface area is 182 Å². The Hall–Kier alpha value is -2.83. The van der Waals surface area contributed by atoms with Gasteiger partial charge >= 0.3 is 5.97 Å². The van der Waals surface area contributed by atoms with Gasteiger partial charge in [-0.2, -0.15) is 5.10 Å². The fourth-order valence-corrected chi connectivity index (χ4v) is 3.77. The van der Waals surface area contributed by atoms with Gasteiger partial charge in [-0.3, -0.25) is 4.68 Å². The molecule has 5 nitrogen and oxygen atoms in total. The third-order valence-corrected chi connectivity index (χ3v) is 5.17. The van der Waals surface area contributed by atoms with Crippen LogP contribution in [0.5, 0.6) is 0 Å². The quantitative estimate of drug-likeness (QED) is 0.338. The van der Waals surface area contributed by atoms with Crippen molar-refractivity contribution in [3.05, 3.63) is 75.3 Å². The molecule has 2 aromatic heterocycles. The fourth-order valence-electron chi connectivity index (χ4n) is 3.26. The van der Waals surface area contributed by atoms with E-state index in [1.165, 1.54) is 12.1 Å². The number of furan rings is 1. The molecular formula is C22H17Cl2FN2O3. The molecule has 4 aromatic rings. The van der Waals surface area contributed by atoms with Crippen LogP contribution in [-0.4, -0.2) is 22.4 Å². The molecule has 0 unspecified atom stereocenters. The van der Waals surface area contributed by atoms with Gasteiger partial charge in [0.1, 0.15) is 17.2 Å². The normalized spacial score (nSPS) is 11.2. The van der Waals surface area contributed by atoms with Crippen LogP contribution in [0.1, 0.15) is 28.7 Å². The number of nitrogens with zero attached hydrogens (tertiary/aromatic N) is 2. The number of fused-ring (bicyclic) bond motifs is 1. The first-order valence-corrected chi connectivity index (χ1v) is 10.00. The summed E-state index contributed by atoms with van der Waals surface area (Å²) >= 11 is 12.5. The number of esters is 1. The zero-order chi connectivity index (χ0) is 21.4. The molecule has 0 fully saturated rings. The molecule has 0 atom stereocenters. The van der Waals surface area contributed by atoms with Crippen LogP contribution < -0.4 is 0 Å². The third-order valence-electron chi connectivity index (χ3n) is 4.64. The van der Waals surface area contributed by atoms with Gasteiger partial charge in [0, 0.05) is 27.2 Å². The van der Waals surface area contributed by atoms with Crippen LogP contribution in [0.2, 0.25) is 10.0 Å². The van der Waals surface area contributed by atoms with E-state index < -0.39 is 11.8 Å². The monoisotopic (exact) mass is 446 g/mol. The lowest BCUT2D eigenvalue weighted by molar-refractivity contribution is 0.0518. The van der Waals surface area contributed by atoms with Gasteiger partial charge in [0.05, 0.1) is 18.2 Å². The maximum atomic E-state index is 13.4. The summed E-state index contributed by atoms with van der Waals surface area (Å²) in [6.45, 7) is 4.21. The average molecular weight is 447 g/mol. The Kier molecular flexibility index (Phi) is 5.54. The zero-order valence-electron chi connectivity index (χ0n) is 16.2. The molecule has 2 heterocycles. The second kappa shape index (κ2) is 8.13.